The highest BCUT2D eigenvalue weighted by Crippen LogP contribution is 2.40. The third-order valence-corrected chi connectivity index (χ3v) is 4.81. The number of nitriles is 1. The lowest BCUT2D eigenvalue weighted by Crippen LogP contribution is -2.56. The van der Waals surface area contributed by atoms with Gasteiger partial charge < -0.3 is 10.0 Å². The summed E-state index contributed by atoms with van der Waals surface area (Å²) in [6, 6.07) is 5.23. The van der Waals surface area contributed by atoms with Crippen LogP contribution in [-0.2, 0) is 4.79 Å². The van der Waals surface area contributed by atoms with Gasteiger partial charge in [-0.05, 0) is 43.7 Å². The highest BCUT2D eigenvalue weighted by molar-refractivity contribution is 5.79. The molecule has 0 amide bonds. The molecule has 5 nitrogen and oxygen atoms in total. The standard InChI is InChI=1S/C16H19N3O2/c17-10-12-5-3-9-18-15(12)19-13-6-2-1-4-11(13)7-8-14(19)16(20)21/h3,5,9,11,13-14H,1-2,4,6-8H2,(H,20,21). The number of carbonyl (C=O) groups is 1. The predicted octanol–water partition coefficient (Wildman–Crippen LogP) is 2.57. The van der Waals surface area contributed by atoms with Crippen molar-refractivity contribution in [3.63, 3.8) is 0 Å². The first kappa shape index (κ1) is 13.9. The van der Waals surface area contributed by atoms with Crippen molar-refractivity contribution in [2.75, 3.05) is 4.90 Å². The Balaban J connectivity index is 2.04. The molecular weight excluding hydrogens is 266 g/mol. The van der Waals surface area contributed by atoms with Crippen molar-refractivity contribution in [1.82, 2.24) is 4.98 Å². The molecule has 0 spiro atoms. The maximum absolute atomic E-state index is 11.7. The number of piperidine rings is 1. The molecule has 3 unspecified atom stereocenters. The molecule has 110 valence electrons. The maximum Gasteiger partial charge on any atom is 0.326 e. The minimum Gasteiger partial charge on any atom is -0.480 e. The SMILES string of the molecule is N#Cc1cccnc1N1C(C(=O)O)CCC2CCCCC21. The van der Waals surface area contributed by atoms with Crippen LogP contribution in [0.5, 0.6) is 0 Å². The Labute approximate surface area is 124 Å². The van der Waals surface area contributed by atoms with Gasteiger partial charge in [0.2, 0.25) is 0 Å². The normalized spacial score (nSPS) is 28.5. The summed E-state index contributed by atoms with van der Waals surface area (Å²) < 4.78 is 0. The van der Waals surface area contributed by atoms with Gasteiger partial charge in [-0.2, -0.15) is 5.26 Å². The largest absolute Gasteiger partial charge is 0.480 e. The zero-order chi connectivity index (χ0) is 14.8. The van der Waals surface area contributed by atoms with Gasteiger partial charge in [-0.25, -0.2) is 9.78 Å². The van der Waals surface area contributed by atoms with E-state index in [9.17, 15) is 15.2 Å². The van der Waals surface area contributed by atoms with Crippen molar-refractivity contribution in [2.45, 2.75) is 50.6 Å². The maximum atomic E-state index is 11.7. The second-order valence-electron chi connectivity index (χ2n) is 5.94. The molecular formula is C16H19N3O2. The second-order valence-corrected chi connectivity index (χ2v) is 5.94. The van der Waals surface area contributed by atoms with Gasteiger partial charge in [-0.15, -0.1) is 0 Å². The Hall–Kier alpha value is -2.09. The lowest BCUT2D eigenvalue weighted by atomic mass is 9.76. The van der Waals surface area contributed by atoms with Crippen LogP contribution in [0.4, 0.5) is 5.82 Å². The lowest BCUT2D eigenvalue weighted by molar-refractivity contribution is -0.139. The number of carboxylic acids is 1. The summed E-state index contributed by atoms with van der Waals surface area (Å²) in [7, 11) is 0. The number of aromatic nitrogens is 1. The Kier molecular flexibility index (Phi) is 3.78. The summed E-state index contributed by atoms with van der Waals surface area (Å²) in [5.74, 6) is 0.264. The molecule has 1 saturated heterocycles. The predicted molar refractivity (Wildman–Crippen MR) is 77.8 cm³/mol. The quantitative estimate of drug-likeness (QED) is 0.903. The monoisotopic (exact) mass is 285 g/mol. The van der Waals surface area contributed by atoms with Crippen molar-refractivity contribution in [2.24, 2.45) is 5.92 Å². The molecule has 1 N–H and O–H groups in total. The Morgan fingerprint density at radius 2 is 2.14 bits per heavy atom. The molecule has 1 saturated carbocycles. The van der Waals surface area contributed by atoms with Crippen LogP contribution in [0.2, 0.25) is 0 Å². The Morgan fingerprint density at radius 1 is 1.33 bits per heavy atom. The Bertz CT molecular complexity index is 581. The number of anilines is 1. The van der Waals surface area contributed by atoms with E-state index in [4.69, 9.17) is 0 Å². The van der Waals surface area contributed by atoms with E-state index in [1.807, 2.05) is 4.90 Å². The molecule has 2 fully saturated rings. The van der Waals surface area contributed by atoms with Gasteiger partial charge in [-0.1, -0.05) is 12.8 Å². The van der Waals surface area contributed by atoms with E-state index in [2.05, 4.69) is 11.1 Å². The van der Waals surface area contributed by atoms with Crippen LogP contribution in [0.15, 0.2) is 18.3 Å². The number of fused-ring (bicyclic) bond motifs is 1. The number of carboxylic acid groups (broad SMARTS) is 1. The number of hydrogen-bond acceptors (Lipinski definition) is 4. The fourth-order valence-electron chi connectivity index (χ4n) is 3.87. The lowest BCUT2D eigenvalue weighted by Gasteiger charge is -2.48. The van der Waals surface area contributed by atoms with E-state index in [1.165, 1.54) is 6.42 Å². The molecule has 1 aliphatic carbocycles. The fourth-order valence-corrected chi connectivity index (χ4v) is 3.87. The number of pyridine rings is 1. The van der Waals surface area contributed by atoms with Gasteiger partial charge in [0.25, 0.3) is 0 Å². The number of hydrogen-bond donors (Lipinski definition) is 1. The summed E-state index contributed by atoms with van der Waals surface area (Å²) in [4.78, 5) is 17.9. The van der Waals surface area contributed by atoms with Gasteiger partial charge in [0.15, 0.2) is 0 Å². The molecule has 2 aliphatic rings. The van der Waals surface area contributed by atoms with E-state index in [-0.39, 0.29) is 6.04 Å². The third-order valence-electron chi connectivity index (χ3n) is 4.81. The molecule has 21 heavy (non-hydrogen) atoms. The summed E-state index contributed by atoms with van der Waals surface area (Å²) in [6.45, 7) is 0. The molecule has 0 radical (unpaired) electrons. The zero-order valence-electron chi connectivity index (χ0n) is 11.9. The smallest absolute Gasteiger partial charge is 0.326 e. The topological polar surface area (TPSA) is 77.2 Å². The number of rotatable bonds is 2. The Morgan fingerprint density at radius 3 is 2.90 bits per heavy atom. The molecule has 2 heterocycles. The molecule has 0 aromatic carbocycles. The molecule has 3 rings (SSSR count). The second kappa shape index (κ2) is 5.72. The summed E-state index contributed by atoms with van der Waals surface area (Å²) in [5.41, 5.74) is 0.468. The van der Waals surface area contributed by atoms with Gasteiger partial charge in [-0.3, -0.25) is 0 Å². The van der Waals surface area contributed by atoms with Gasteiger partial charge >= 0.3 is 5.97 Å². The highest BCUT2D eigenvalue weighted by Gasteiger charge is 2.42. The molecule has 5 heteroatoms. The minimum absolute atomic E-state index is 0.204. The van der Waals surface area contributed by atoms with Gasteiger partial charge in [0, 0.05) is 12.2 Å². The van der Waals surface area contributed by atoms with Crippen LogP contribution in [0.25, 0.3) is 0 Å². The minimum atomic E-state index is -0.812. The molecule has 3 atom stereocenters. The van der Waals surface area contributed by atoms with E-state index in [1.54, 1.807) is 18.3 Å². The molecule has 1 aliphatic heterocycles. The molecule has 0 bridgehead atoms. The average Bonchev–Trinajstić information content (AvgIpc) is 2.53. The van der Waals surface area contributed by atoms with Crippen molar-refractivity contribution in [1.29, 1.82) is 5.26 Å². The van der Waals surface area contributed by atoms with Crippen LogP contribution < -0.4 is 4.90 Å². The van der Waals surface area contributed by atoms with Crippen molar-refractivity contribution < 1.29 is 9.90 Å². The molecule has 1 aromatic rings. The highest BCUT2D eigenvalue weighted by atomic mass is 16.4. The van der Waals surface area contributed by atoms with E-state index in [0.29, 0.717) is 23.7 Å². The van der Waals surface area contributed by atoms with E-state index in [0.717, 1.165) is 25.7 Å². The van der Waals surface area contributed by atoms with Crippen molar-refractivity contribution in [3.8, 4) is 6.07 Å². The fraction of sp³-hybridized carbons (Fsp3) is 0.562. The first-order chi connectivity index (χ1) is 10.2. The van der Waals surface area contributed by atoms with Crippen molar-refractivity contribution in [3.05, 3.63) is 23.9 Å². The van der Waals surface area contributed by atoms with E-state index >= 15 is 0 Å². The summed E-state index contributed by atoms with van der Waals surface area (Å²) in [5, 5.41) is 18.9. The first-order valence-corrected chi connectivity index (χ1v) is 7.58. The third kappa shape index (κ3) is 2.46. The van der Waals surface area contributed by atoms with Crippen molar-refractivity contribution >= 4 is 11.8 Å². The average molecular weight is 285 g/mol. The number of aliphatic carboxylic acids is 1. The number of nitrogens with zero attached hydrogens (tertiary/aromatic N) is 3. The van der Waals surface area contributed by atoms with Crippen LogP contribution >= 0.6 is 0 Å². The van der Waals surface area contributed by atoms with Gasteiger partial charge in [0.1, 0.15) is 17.9 Å². The van der Waals surface area contributed by atoms with Crippen LogP contribution in [-0.4, -0.2) is 28.1 Å². The van der Waals surface area contributed by atoms with Crippen LogP contribution in [0.1, 0.15) is 44.1 Å². The van der Waals surface area contributed by atoms with Crippen LogP contribution in [0.3, 0.4) is 0 Å². The molecule has 1 aromatic heterocycles. The van der Waals surface area contributed by atoms with Gasteiger partial charge in [0.05, 0.1) is 5.56 Å². The van der Waals surface area contributed by atoms with Crippen LogP contribution in [0, 0.1) is 17.2 Å². The summed E-state index contributed by atoms with van der Waals surface area (Å²) >= 11 is 0. The zero-order valence-corrected chi connectivity index (χ0v) is 11.9. The summed E-state index contributed by atoms with van der Waals surface area (Å²) in [6.07, 6.45) is 7.74. The van der Waals surface area contributed by atoms with E-state index < -0.39 is 12.0 Å². The first-order valence-electron chi connectivity index (χ1n) is 7.58.